The molecule has 0 aromatic rings. The van der Waals surface area contributed by atoms with E-state index in [0.717, 1.165) is 19.3 Å². The summed E-state index contributed by atoms with van der Waals surface area (Å²) in [5.74, 6) is 0.0682. The van der Waals surface area contributed by atoms with Crippen LogP contribution in [0.2, 0.25) is 0 Å². The van der Waals surface area contributed by atoms with Crippen molar-refractivity contribution < 1.29 is 13.2 Å². The Kier molecular flexibility index (Phi) is 1.94. The molecule has 1 atom stereocenters. The minimum Gasteiger partial charge on any atom is -0.320 e. The third kappa shape index (κ3) is 1.63. The number of nitrogens with one attached hydrogen (secondary N) is 1. The van der Waals surface area contributed by atoms with Crippen molar-refractivity contribution in [2.45, 2.75) is 25.3 Å². The normalized spacial score (nSPS) is 32.2. The van der Waals surface area contributed by atoms with Crippen LogP contribution in [0, 0.1) is 0 Å². The van der Waals surface area contributed by atoms with Crippen LogP contribution in [-0.4, -0.2) is 37.7 Å². The zero-order valence-electron chi connectivity index (χ0n) is 7.19. The highest BCUT2D eigenvalue weighted by molar-refractivity contribution is 7.90. The molecule has 2 heterocycles. The summed E-state index contributed by atoms with van der Waals surface area (Å²) in [6.45, 7) is 0.687. The molecule has 2 rings (SSSR count). The number of hydrogen-bond acceptors (Lipinski definition) is 3. The van der Waals surface area contributed by atoms with Crippen LogP contribution < -0.4 is 4.72 Å². The Hall–Kier alpha value is -0.780. The topological polar surface area (TPSA) is 66.5 Å². The number of carbonyl (C=O) groups excluding carboxylic acids is 1. The molecule has 13 heavy (non-hydrogen) atoms. The van der Waals surface area contributed by atoms with E-state index in [1.165, 1.54) is 0 Å². The van der Waals surface area contributed by atoms with Gasteiger partial charge in [-0.2, -0.15) is 0 Å². The molecule has 2 saturated heterocycles. The Morgan fingerprint density at radius 1 is 1.38 bits per heavy atom. The lowest BCUT2D eigenvalue weighted by atomic mass is 10.0. The zero-order chi connectivity index (χ0) is 9.47. The van der Waals surface area contributed by atoms with E-state index in [1.54, 1.807) is 4.90 Å². The molecule has 0 saturated carbocycles. The molecule has 5 nitrogen and oxygen atoms in total. The van der Waals surface area contributed by atoms with Gasteiger partial charge in [0.2, 0.25) is 10.0 Å². The van der Waals surface area contributed by atoms with E-state index >= 15 is 0 Å². The van der Waals surface area contributed by atoms with Crippen molar-refractivity contribution in [3.05, 3.63) is 0 Å². The van der Waals surface area contributed by atoms with E-state index in [0.29, 0.717) is 6.54 Å². The average molecular weight is 204 g/mol. The maximum absolute atomic E-state index is 11.3. The first-order chi connectivity index (χ1) is 6.08. The Morgan fingerprint density at radius 3 is 2.92 bits per heavy atom. The Morgan fingerprint density at radius 2 is 2.15 bits per heavy atom. The molecule has 0 unspecified atom stereocenters. The van der Waals surface area contributed by atoms with Gasteiger partial charge in [0.15, 0.2) is 0 Å². The first-order valence-corrected chi connectivity index (χ1v) is 6.05. The zero-order valence-corrected chi connectivity index (χ0v) is 8.01. The largest absolute Gasteiger partial charge is 0.331 e. The van der Waals surface area contributed by atoms with Gasteiger partial charge in [-0.1, -0.05) is 0 Å². The van der Waals surface area contributed by atoms with Crippen molar-refractivity contribution in [1.29, 1.82) is 0 Å². The molecule has 74 valence electrons. The summed E-state index contributed by atoms with van der Waals surface area (Å²) in [6.07, 6.45) is 2.81. The van der Waals surface area contributed by atoms with Crippen LogP contribution in [0.15, 0.2) is 0 Å². The number of amides is 2. The summed E-state index contributed by atoms with van der Waals surface area (Å²) in [5, 5.41) is 0. The lowest BCUT2D eigenvalue weighted by Gasteiger charge is -2.38. The molecule has 0 spiro atoms. The maximum atomic E-state index is 11.3. The number of fused-ring (bicyclic) bond motifs is 1. The molecule has 2 fully saturated rings. The van der Waals surface area contributed by atoms with Gasteiger partial charge in [-0.3, -0.25) is 0 Å². The number of piperidine rings is 1. The standard InChI is InChI=1S/C7H12N2O3S/c10-7-8-13(11,12)5-6-3-1-2-4-9(6)7/h6H,1-5H2,(H,8,10)/t6-/m1/s1. The fraction of sp³-hybridized carbons (Fsp3) is 0.857. The predicted octanol–water partition coefficient (Wildman–Crippen LogP) is -0.106. The second kappa shape index (κ2) is 2.87. The first-order valence-electron chi connectivity index (χ1n) is 4.39. The van der Waals surface area contributed by atoms with Crippen LogP contribution in [0.4, 0.5) is 4.79 Å². The van der Waals surface area contributed by atoms with Crippen molar-refractivity contribution in [2.24, 2.45) is 0 Å². The second-order valence-electron chi connectivity index (χ2n) is 3.53. The van der Waals surface area contributed by atoms with Crippen molar-refractivity contribution in [2.75, 3.05) is 12.3 Å². The number of carbonyl (C=O) groups is 1. The van der Waals surface area contributed by atoms with Crippen molar-refractivity contribution in [3.8, 4) is 0 Å². The molecular weight excluding hydrogens is 192 g/mol. The van der Waals surface area contributed by atoms with Crippen molar-refractivity contribution in [3.63, 3.8) is 0 Å². The third-order valence-electron chi connectivity index (χ3n) is 2.54. The molecule has 6 heteroatoms. The number of sulfonamides is 1. The number of urea groups is 1. The smallest absolute Gasteiger partial charge is 0.320 e. The lowest BCUT2D eigenvalue weighted by Crippen LogP contribution is -2.58. The van der Waals surface area contributed by atoms with E-state index in [1.807, 2.05) is 4.72 Å². The molecule has 2 amide bonds. The predicted molar refractivity (Wildman–Crippen MR) is 46.7 cm³/mol. The third-order valence-corrected chi connectivity index (χ3v) is 3.85. The van der Waals surface area contributed by atoms with Gasteiger partial charge in [0.1, 0.15) is 0 Å². The van der Waals surface area contributed by atoms with Crippen molar-refractivity contribution >= 4 is 16.1 Å². The molecule has 2 aliphatic heterocycles. The molecule has 0 aliphatic carbocycles. The van der Waals surface area contributed by atoms with Gasteiger partial charge >= 0.3 is 6.03 Å². The van der Waals surface area contributed by atoms with Crippen LogP contribution >= 0.6 is 0 Å². The Labute approximate surface area is 77.1 Å². The fourth-order valence-corrected chi connectivity index (χ4v) is 3.25. The first kappa shape index (κ1) is 8.80. The molecule has 0 bridgehead atoms. The van der Waals surface area contributed by atoms with E-state index in [4.69, 9.17) is 0 Å². The quantitative estimate of drug-likeness (QED) is 0.599. The average Bonchev–Trinajstić information content (AvgIpc) is 2.02. The lowest BCUT2D eigenvalue weighted by molar-refractivity contribution is 0.159. The van der Waals surface area contributed by atoms with Gasteiger partial charge in [0.05, 0.1) is 5.75 Å². The van der Waals surface area contributed by atoms with Gasteiger partial charge < -0.3 is 4.90 Å². The minimum atomic E-state index is -3.34. The highest BCUT2D eigenvalue weighted by Crippen LogP contribution is 2.21. The van der Waals surface area contributed by atoms with Crippen LogP contribution in [0.5, 0.6) is 0 Å². The summed E-state index contributed by atoms with van der Waals surface area (Å²) in [4.78, 5) is 12.9. The summed E-state index contributed by atoms with van der Waals surface area (Å²) in [7, 11) is -3.34. The highest BCUT2D eigenvalue weighted by Gasteiger charge is 2.36. The maximum Gasteiger partial charge on any atom is 0.331 e. The van der Waals surface area contributed by atoms with Crippen LogP contribution in [0.1, 0.15) is 19.3 Å². The van der Waals surface area contributed by atoms with Crippen LogP contribution in [0.25, 0.3) is 0 Å². The number of rotatable bonds is 0. The molecule has 1 N–H and O–H groups in total. The summed E-state index contributed by atoms with van der Waals surface area (Å²) >= 11 is 0. The van der Waals surface area contributed by atoms with Gasteiger partial charge in [-0.25, -0.2) is 17.9 Å². The fourth-order valence-electron chi connectivity index (χ4n) is 1.93. The van der Waals surface area contributed by atoms with E-state index in [2.05, 4.69) is 0 Å². The van der Waals surface area contributed by atoms with E-state index in [9.17, 15) is 13.2 Å². The van der Waals surface area contributed by atoms with E-state index in [-0.39, 0.29) is 11.8 Å². The number of hydrogen-bond donors (Lipinski definition) is 1. The summed E-state index contributed by atoms with van der Waals surface area (Å²) in [5.41, 5.74) is 0. The Balaban J connectivity index is 2.21. The minimum absolute atomic E-state index is 0.0682. The molecule has 0 radical (unpaired) electrons. The van der Waals surface area contributed by atoms with Gasteiger partial charge in [0, 0.05) is 12.6 Å². The summed E-state index contributed by atoms with van der Waals surface area (Å²) in [6, 6.07) is -0.538. The van der Waals surface area contributed by atoms with E-state index < -0.39 is 16.1 Å². The molecule has 2 aliphatic rings. The monoisotopic (exact) mass is 204 g/mol. The van der Waals surface area contributed by atoms with Gasteiger partial charge in [-0.05, 0) is 19.3 Å². The van der Waals surface area contributed by atoms with Crippen molar-refractivity contribution in [1.82, 2.24) is 9.62 Å². The highest BCUT2D eigenvalue weighted by atomic mass is 32.2. The molecule has 0 aromatic carbocycles. The van der Waals surface area contributed by atoms with Gasteiger partial charge in [0.25, 0.3) is 0 Å². The summed E-state index contributed by atoms with van der Waals surface area (Å²) < 4.78 is 24.3. The Bertz CT molecular complexity index is 325. The van der Waals surface area contributed by atoms with Crippen LogP contribution in [0.3, 0.4) is 0 Å². The van der Waals surface area contributed by atoms with Crippen LogP contribution in [-0.2, 0) is 10.0 Å². The SMILES string of the molecule is O=C1NS(=O)(=O)C[C@H]2CCCCN12. The molecule has 0 aromatic heterocycles. The second-order valence-corrected chi connectivity index (χ2v) is 5.30. The van der Waals surface area contributed by atoms with Gasteiger partial charge in [-0.15, -0.1) is 0 Å². The molecular formula is C7H12N2O3S. The number of nitrogens with zero attached hydrogens (tertiary/aromatic N) is 1.